The van der Waals surface area contributed by atoms with E-state index in [9.17, 15) is 19.2 Å². The summed E-state index contributed by atoms with van der Waals surface area (Å²) in [6.45, 7) is 6.44. The summed E-state index contributed by atoms with van der Waals surface area (Å²) in [7, 11) is 6.39. The fourth-order valence-corrected chi connectivity index (χ4v) is 7.55. The van der Waals surface area contributed by atoms with E-state index >= 15 is 0 Å². The first-order chi connectivity index (χ1) is 30.5. The van der Waals surface area contributed by atoms with Crippen molar-refractivity contribution in [3.63, 3.8) is 0 Å². The predicted octanol–water partition coefficient (Wildman–Crippen LogP) is 8.25. The molecular weight excluding hydrogens is 809 g/mol. The maximum atomic E-state index is 12.6. The Balaban J connectivity index is 0.000000238. The van der Waals surface area contributed by atoms with Crippen LogP contribution < -0.4 is 18.9 Å². The van der Waals surface area contributed by atoms with Crippen LogP contribution in [0.3, 0.4) is 0 Å². The standard InChI is InChI=1S/C25H31NO6.C24H29NO6/c1-18-22(29-2)14-20(15-23(18)30-3)11-13-31-24(27)21-10-7-12-26(16-21)25(28)32-17-19-8-5-4-6-9-19;1-17-12-19(13-21(28-2)22(17)29-3)16-30-23(26)20-10-7-11-25(14-20)24(27)31-15-18-8-5-4-6-9-18/h4-6,8-9,14-15,21H,7,10-13,16-17H2,1-3H3;4-6,8-9,12-13,20H,7,10-11,14-16H2,1-3H3/t21-;20-/m11/s1. The maximum absolute atomic E-state index is 12.6. The van der Waals surface area contributed by atoms with Gasteiger partial charge in [-0.05, 0) is 91.6 Å². The van der Waals surface area contributed by atoms with Gasteiger partial charge in [-0.3, -0.25) is 9.59 Å². The van der Waals surface area contributed by atoms with Crippen molar-refractivity contribution in [2.75, 3.05) is 61.2 Å². The lowest BCUT2D eigenvalue weighted by atomic mass is 9.98. The third-order valence-electron chi connectivity index (χ3n) is 11.0. The number of hydrogen-bond acceptors (Lipinski definition) is 12. The Labute approximate surface area is 370 Å². The lowest BCUT2D eigenvalue weighted by Crippen LogP contribution is -2.43. The summed E-state index contributed by atoms with van der Waals surface area (Å²) in [4.78, 5) is 53.2. The van der Waals surface area contributed by atoms with Crippen molar-refractivity contribution >= 4 is 24.1 Å². The highest BCUT2D eigenvalue weighted by Crippen LogP contribution is 2.33. The molecule has 0 bridgehead atoms. The molecule has 338 valence electrons. The minimum absolute atomic E-state index is 0.134. The molecule has 2 heterocycles. The summed E-state index contributed by atoms with van der Waals surface area (Å²) in [5.74, 6) is 1.44. The van der Waals surface area contributed by atoms with Crippen LogP contribution in [0.25, 0.3) is 0 Å². The molecule has 63 heavy (non-hydrogen) atoms. The van der Waals surface area contributed by atoms with Gasteiger partial charge in [0.05, 0.1) is 46.9 Å². The van der Waals surface area contributed by atoms with Gasteiger partial charge >= 0.3 is 24.1 Å². The van der Waals surface area contributed by atoms with Gasteiger partial charge < -0.3 is 47.7 Å². The Kier molecular flexibility index (Phi) is 18.3. The number of nitrogens with zero attached hydrogens (tertiary/aromatic N) is 2. The van der Waals surface area contributed by atoms with Crippen molar-refractivity contribution in [2.45, 2.75) is 65.8 Å². The van der Waals surface area contributed by atoms with Crippen LogP contribution in [0.2, 0.25) is 0 Å². The third kappa shape index (κ3) is 14.0. The first kappa shape index (κ1) is 47.6. The van der Waals surface area contributed by atoms with Crippen molar-refractivity contribution in [1.82, 2.24) is 9.80 Å². The van der Waals surface area contributed by atoms with Gasteiger partial charge in [-0.25, -0.2) is 9.59 Å². The van der Waals surface area contributed by atoms with Crippen LogP contribution in [0, 0.1) is 25.7 Å². The molecule has 14 heteroatoms. The average Bonchev–Trinajstić information content (AvgIpc) is 3.32. The van der Waals surface area contributed by atoms with Crippen molar-refractivity contribution in [2.24, 2.45) is 11.8 Å². The molecule has 2 amide bonds. The highest BCUT2D eigenvalue weighted by molar-refractivity contribution is 5.75. The number of carbonyl (C=O) groups is 4. The molecule has 4 aromatic rings. The van der Waals surface area contributed by atoms with Gasteiger partial charge in [-0.1, -0.05) is 60.7 Å². The van der Waals surface area contributed by atoms with Gasteiger partial charge in [-0.15, -0.1) is 0 Å². The molecule has 2 aliphatic rings. The molecule has 2 aliphatic heterocycles. The molecule has 0 saturated carbocycles. The zero-order valence-corrected chi connectivity index (χ0v) is 37.2. The monoisotopic (exact) mass is 868 g/mol. The lowest BCUT2D eigenvalue weighted by molar-refractivity contribution is -0.152. The Morgan fingerprint density at radius 3 is 1.48 bits per heavy atom. The molecule has 14 nitrogen and oxygen atoms in total. The topological polar surface area (TPSA) is 149 Å². The fraction of sp³-hybridized carbons (Fsp3) is 0.429. The second-order valence-corrected chi connectivity index (χ2v) is 15.4. The van der Waals surface area contributed by atoms with Crippen molar-refractivity contribution in [3.8, 4) is 23.0 Å². The van der Waals surface area contributed by atoms with Crippen LogP contribution in [-0.2, 0) is 54.8 Å². The molecule has 2 fully saturated rings. The Hall–Kier alpha value is -6.44. The molecule has 0 radical (unpaired) electrons. The smallest absolute Gasteiger partial charge is 0.410 e. The summed E-state index contributed by atoms with van der Waals surface area (Å²) in [6.07, 6.45) is 2.61. The molecule has 0 spiro atoms. The second kappa shape index (κ2) is 24.3. The number of methoxy groups -OCH3 is 4. The van der Waals surface area contributed by atoms with Gasteiger partial charge in [0.25, 0.3) is 0 Å². The minimum Gasteiger partial charge on any atom is -0.496 e. The normalized spacial score (nSPS) is 15.8. The van der Waals surface area contributed by atoms with E-state index in [0.29, 0.717) is 56.9 Å². The second-order valence-electron chi connectivity index (χ2n) is 15.4. The van der Waals surface area contributed by atoms with Crippen LogP contribution in [0.15, 0.2) is 84.9 Å². The molecule has 0 aromatic heterocycles. The number of aryl methyl sites for hydroxylation is 1. The average molecular weight is 869 g/mol. The van der Waals surface area contributed by atoms with Crippen molar-refractivity contribution in [3.05, 3.63) is 118 Å². The Bertz CT molecular complexity index is 2090. The maximum Gasteiger partial charge on any atom is 0.410 e. The highest BCUT2D eigenvalue weighted by Gasteiger charge is 2.32. The zero-order chi connectivity index (χ0) is 45.1. The predicted molar refractivity (Wildman–Crippen MR) is 235 cm³/mol. The summed E-state index contributed by atoms with van der Waals surface area (Å²) in [5.41, 5.74) is 5.47. The molecular formula is C49H60N2O12. The molecule has 2 saturated heterocycles. The largest absolute Gasteiger partial charge is 0.496 e. The SMILES string of the molecule is COc1cc(CCOC(=O)[C@@H]2CCCN(C(=O)OCc3ccccc3)C2)cc(OC)c1C.COc1cc(COC(=O)[C@@H]2CCCN(C(=O)OCc3ccccc3)C2)cc(C)c1OC. The number of rotatable bonds is 15. The lowest BCUT2D eigenvalue weighted by Gasteiger charge is -2.30. The molecule has 4 aromatic carbocycles. The number of carbonyl (C=O) groups excluding carboxylic acids is 4. The van der Waals surface area contributed by atoms with Gasteiger partial charge in [0.1, 0.15) is 31.3 Å². The van der Waals surface area contributed by atoms with E-state index < -0.39 is 12.2 Å². The van der Waals surface area contributed by atoms with E-state index in [-0.39, 0.29) is 50.2 Å². The molecule has 6 rings (SSSR count). The van der Waals surface area contributed by atoms with E-state index in [1.807, 2.05) is 92.7 Å². The fourth-order valence-electron chi connectivity index (χ4n) is 7.55. The third-order valence-corrected chi connectivity index (χ3v) is 11.0. The van der Waals surface area contributed by atoms with Gasteiger partial charge in [-0.2, -0.15) is 0 Å². The van der Waals surface area contributed by atoms with Crippen molar-refractivity contribution in [1.29, 1.82) is 0 Å². The van der Waals surface area contributed by atoms with E-state index in [1.165, 1.54) is 0 Å². The van der Waals surface area contributed by atoms with Gasteiger partial charge in [0.15, 0.2) is 11.5 Å². The summed E-state index contributed by atoms with van der Waals surface area (Å²) >= 11 is 0. The number of hydrogen-bond donors (Lipinski definition) is 0. The van der Waals surface area contributed by atoms with Gasteiger partial charge in [0.2, 0.25) is 0 Å². The molecule has 0 aliphatic carbocycles. The summed E-state index contributed by atoms with van der Waals surface area (Å²) in [5, 5.41) is 0. The molecule has 2 atom stereocenters. The Morgan fingerprint density at radius 1 is 0.540 bits per heavy atom. The molecule has 0 unspecified atom stereocenters. The molecule has 0 N–H and O–H groups in total. The van der Waals surface area contributed by atoms with E-state index in [0.717, 1.165) is 57.7 Å². The quantitative estimate of drug-likeness (QED) is 0.0837. The number of piperidine rings is 2. The Morgan fingerprint density at radius 2 is 1.00 bits per heavy atom. The number of ether oxygens (including phenoxy) is 8. The van der Waals surface area contributed by atoms with Gasteiger partial charge in [0, 0.05) is 38.2 Å². The van der Waals surface area contributed by atoms with Crippen molar-refractivity contribution < 1.29 is 57.1 Å². The van der Waals surface area contributed by atoms with Crippen LogP contribution in [0.4, 0.5) is 9.59 Å². The zero-order valence-electron chi connectivity index (χ0n) is 37.2. The number of likely N-dealkylation sites (tertiary alicyclic amines) is 2. The summed E-state index contributed by atoms with van der Waals surface area (Å²) in [6, 6.07) is 26.6. The van der Waals surface area contributed by atoms with Crippen LogP contribution >= 0.6 is 0 Å². The first-order valence-corrected chi connectivity index (χ1v) is 21.2. The van der Waals surface area contributed by atoms with Crippen LogP contribution in [0.1, 0.15) is 59.1 Å². The van der Waals surface area contributed by atoms with Crippen LogP contribution in [-0.4, -0.2) is 95.2 Å². The highest BCUT2D eigenvalue weighted by atomic mass is 16.6. The van der Waals surface area contributed by atoms with E-state index in [4.69, 9.17) is 37.9 Å². The van der Waals surface area contributed by atoms with E-state index in [2.05, 4.69) is 0 Å². The van der Waals surface area contributed by atoms with Crippen LogP contribution in [0.5, 0.6) is 23.0 Å². The van der Waals surface area contributed by atoms with E-state index in [1.54, 1.807) is 44.3 Å². The number of amides is 2. The number of benzene rings is 4. The summed E-state index contributed by atoms with van der Waals surface area (Å²) < 4.78 is 43.3. The number of esters is 2. The first-order valence-electron chi connectivity index (χ1n) is 21.2. The minimum atomic E-state index is -0.406.